The molecule has 0 unspecified atom stereocenters. The molecule has 0 atom stereocenters. The van der Waals surface area contributed by atoms with Crippen molar-refractivity contribution >= 4 is 11.6 Å². The van der Waals surface area contributed by atoms with E-state index in [4.69, 9.17) is 0 Å². The predicted molar refractivity (Wildman–Crippen MR) is 78.9 cm³/mol. The molecule has 2 fully saturated rings. The Labute approximate surface area is 120 Å². The summed E-state index contributed by atoms with van der Waals surface area (Å²) in [6.45, 7) is 4.85. The number of hydrogen-bond donors (Lipinski definition) is 1. The highest BCUT2D eigenvalue weighted by atomic mass is 16.2. The van der Waals surface area contributed by atoms with E-state index in [1.54, 1.807) is 12.3 Å². The molecule has 2 aliphatic rings. The van der Waals surface area contributed by atoms with Crippen LogP contribution in [0, 0.1) is 5.92 Å². The van der Waals surface area contributed by atoms with Crippen molar-refractivity contribution in [1.29, 1.82) is 0 Å². The van der Waals surface area contributed by atoms with Crippen LogP contribution < -0.4 is 5.32 Å². The lowest BCUT2D eigenvalue weighted by Crippen LogP contribution is -2.49. The fourth-order valence-corrected chi connectivity index (χ4v) is 2.63. The molecule has 3 rings (SSSR count). The summed E-state index contributed by atoms with van der Waals surface area (Å²) < 4.78 is 0. The van der Waals surface area contributed by atoms with E-state index < -0.39 is 0 Å². The van der Waals surface area contributed by atoms with Gasteiger partial charge in [0.25, 0.3) is 5.91 Å². The molecule has 0 radical (unpaired) electrons. The van der Waals surface area contributed by atoms with Crippen LogP contribution in [0.15, 0.2) is 18.3 Å². The van der Waals surface area contributed by atoms with E-state index in [1.165, 1.54) is 19.4 Å². The van der Waals surface area contributed by atoms with Gasteiger partial charge >= 0.3 is 0 Å². The topological polar surface area (TPSA) is 48.5 Å². The summed E-state index contributed by atoms with van der Waals surface area (Å²) in [6, 6.07) is 3.69. The van der Waals surface area contributed by atoms with Gasteiger partial charge < -0.3 is 10.2 Å². The summed E-state index contributed by atoms with van der Waals surface area (Å²) >= 11 is 0. The van der Waals surface area contributed by atoms with Crippen LogP contribution in [0.5, 0.6) is 0 Å². The Morgan fingerprint density at radius 2 is 2.05 bits per heavy atom. The molecule has 1 aliphatic heterocycles. The van der Waals surface area contributed by atoms with Crippen LogP contribution in [-0.2, 0) is 0 Å². The highest BCUT2D eigenvalue weighted by molar-refractivity contribution is 5.92. The zero-order chi connectivity index (χ0) is 13.9. The molecule has 5 heteroatoms. The molecule has 0 aromatic carbocycles. The van der Waals surface area contributed by atoms with Crippen molar-refractivity contribution in [3.63, 3.8) is 0 Å². The van der Waals surface area contributed by atoms with E-state index in [2.05, 4.69) is 15.2 Å². The molecule has 1 aliphatic carbocycles. The minimum atomic E-state index is 0.0544. The quantitative estimate of drug-likeness (QED) is 0.899. The van der Waals surface area contributed by atoms with Crippen molar-refractivity contribution in [1.82, 2.24) is 14.8 Å². The molecule has 2 heterocycles. The lowest BCUT2D eigenvalue weighted by Gasteiger charge is -2.34. The Morgan fingerprint density at radius 1 is 1.30 bits per heavy atom. The summed E-state index contributed by atoms with van der Waals surface area (Å²) in [5.41, 5.74) is 1.47. The lowest BCUT2D eigenvalue weighted by molar-refractivity contribution is 0.0626. The van der Waals surface area contributed by atoms with Gasteiger partial charge in [0.1, 0.15) is 5.69 Å². The first-order valence-corrected chi connectivity index (χ1v) is 7.41. The average molecular weight is 274 g/mol. The van der Waals surface area contributed by atoms with E-state index in [-0.39, 0.29) is 5.91 Å². The largest absolute Gasteiger partial charge is 0.387 e. The summed E-state index contributed by atoms with van der Waals surface area (Å²) in [7, 11) is 1.84. The van der Waals surface area contributed by atoms with E-state index in [0.717, 1.165) is 37.8 Å². The highest BCUT2D eigenvalue weighted by Gasteiger charge is 2.28. The monoisotopic (exact) mass is 274 g/mol. The summed E-state index contributed by atoms with van der Waals surface area (Å²) in [4.78, 5) is 21.0. The Balaban J connectivity index is 1.54. The number of pyridine rings is 1. The van der Waals surface area contributed by atoms with Crippen LogP contribution in [0.3, 0.4) is 0 Å². The Hall–Kier alpha value is -1.62. The fraction of sp³-hybridized carbons (Fsp3) is 0.600. The first kappa shape index (κ1) is 13.4. The van der Waals surface area contributed by atoms with Gasteiger partial charge in [-0.15, -0.1) is 0 Å². The van der Waals surface area contributed by atoms with Crippen molar-refractivity contribution in [3.05, 3.63) is 24.0 Å². The standard InChI is InChI=1S/C15H22N4O/c1-16-13-4-5-14(17-10-13)15(20)19-8-6-18(7-9-19)11-12-2-3-12/h4-5,10,12,16H,2-3,6-9,11H2,1H3. The number of amides is 1. The molecule has 5 nitrogen and oxygen atoms in total. The van der Waals surface area contributed by atoms with Gasteiger partial charge in [-0.2, -0.15) is 0 Å². The van der Waals surface area contributed by atoms with Crippen molar-refractivity contribution in [2.24, 2.45) is 5.92 Å². The third-order valence-corrected chi connectivity index (χ3v) is 4.14. The second-order valence-corrected chi connectivity index (χ2v) is 5.72. The van der Waals surface area contributed by atoms with Gasteiger partial charge in [-0.3, -0.25) is 9.69 Å². The van der Waals surface area contributed by atoms with Crippen LogP contribution in [0.1, 0.15) is 23.3 Å². The molecule has 20 heavy (non-hydrogen) atoms. The number of piperazine rings is 1. The second kappa shape index (κ2) is 5.79. The Bertz CT molecular complexity index is 461. The molecule has 1 amide bonds. The lowest BCUT2D eigenvalue weighted by atomic mass is 10.2. The van der Waals surface area contributed by atoms with E-state index in [0.29, 0.717) is 5.69 Å². The summed E-state index contributed by atoms with van der Waals surface area (Å²) in [6.07, 6.45) is 4.48. The molecule has 1 aromatic heterocycles. The zero-order valence-corrected chi connectivity index (χ0v) is 12.0. The van der Waals surface area contributed by atoms with Gasteiger partial charge in [-0.25, -0.2) is 4.98 Å². The van der Waals surface area contributed by atoms with Crippen LogP contribution in [0.25, 0.3) is 0 Å². The van der Waals surface area contributed by atoms with Crippen LogP contribution in [0.2, 0.25) is 0 Å². The third kappa shape index (κ3) is 3.10. The fourth-order valence-electron chi connectivity index (χ4n) is 2.63. The highest BCUT2D eigenvalue weighted by Crippen LogP contribution is 2.29. The summed E-state index contributed by atoms with van der Waals surface area (Å²) in [5, 5.41) is 3.01. The van der Waals surface area contributed by atoms with Gasteiger partial charge in [0.05, 0.1) is 11.9 Å². The van der Waals surface area contributed by atoms with Crippen LogP contribution in [-0.4, -0.2) is 60.5 Å². The van der Waals surface area contributed by atoms with Crippen LogP contribution >= 0.6 is 0 Å². The van der Waals surface area contributed by atoms with E-state index >= 15 is 0 Å². The van der Waals surface area contributed by atoms with Gasteiger partial charge in [0.2, 0.25) is 0 Å². The maximum absolute atomic E-state index is 12.4. The van der Waals surface area contributed by atoms with Gasteiger partial charge in [0, 0.05) is 39.8 Å². The summed E-state index contributed by atoms with van der Waals surface area (Å²) in [5.74, 6) is 0.978. The smallest absolute Gasteiger partial charge is 0.272 e. The van der Waals surface area contributed by atoms with Crippen LogP contribution in [0.4, 0.5) is 5.69 Å². The predicted octanol–water partition coefficient (Wildman–Crippen LogP) is 1.29. The zero-order valence-electron chi connectivity index (χ0n) is 12.0. The molecule has 108 valence electrons. The molecule has 1 saturated heterocycles. The van der Waals surface area contributed by atoms with Crippen molar-refractivity contribution in [2.75, 3.05) is 45.1 Å². The SMILES string of the molecule is CNc1ccc(C(=O)N2CCN(CC3CC3)CC2)nc1. The second-order valence-electron chi connectivity index (χ2n) is 5.72. The number of anilines is 1. The van der Waals surface area contributed by atoms with Crippen molar-refractivity contribution in [2.45, 2.75) is 12.8 Å². The first-order valence-electron chi connectivity index (χ1n) is 7.41. The third-order valence-electron chi connectivity index (χ3n) is 4.14. The normalized spacial score (nSPS) is 19.9. The number of nitrogens with one attached hydrogen (secondary N) is 1. The van der Waals surface area contributed by atoms with Crippen molar-refractivity contribution in [3.8, 4) is 0 Å². The maximum atomic E-state index is 12.4. The van der Waals surface area contributed by atoms with E-state index in [9.17, 15) is 4.79 Å². The van der Waals surface area contributed by atoms with E-state index in [1.807, 2.05) is 18.0 Å². The first-order chi connectivity index (χ1) is 9.76. The number of carbonyl (C=O) groups is 1. The molecule has 1 saturated carbocycles. The number of hydrogen-bond acceptors (Lipinski definition) is 4. The molecule has 0 bridgehead atoms. The number of nitrogens with zero attached hydrogens (tertiary/aromatic N) is 3. The average Bonchev–Trinajstić information content (AvgIpc) is 3.31. The number of carbonyl (C=O) groups excluding carboxylic acids is 1. The molecule has 0 spiro atoms. The Kier molecular flexibility index (Phi) is 3.87. The molecule has 1 aromatic rings. The van der Waals surface area contributed by atoms with Crippen molar-refractivity contribution < 1.29 is 4.79 Å². The molecular weight excluding hydrogens is 252 g/mol. The van der Waals surface area contributed by atoms with Gasteiger partial charge in [0.15, 0.2) is 0 Å². The maximum Gasteiger partial charge on any atom is 0.272 e. The minimum absolute atomic E-state index is 0.0544. The Morgan fingerprint density at radius 3 is 2.60 bits per heavy atom. The number of rotatable bonds is 4. The number of aromatic nitrogens is 1. The van der Waals surface area contributed by atoms with Gasteiger partial charge in [-0.05, 0) is 30.9 Å². The minimum Gasteiger partial charge on any atom is -0.387 e. The van der Waals surface area contributed by atoms with Gasteiger partial charge in [-0.1, -0.05) is 0 Å². The molecular formula is C15H22N4O. The molecule has 1 N–H and O–H groups in total.